The first-order valence-electron chi connectivity index (χ1n) is 6.25. The molecule has 1 atom stereocenters. The van der Waals surface area contributed by atoms with Gasteiger partial charge in [0.05, 0.1) is 19.4 Å². The van der Waals surface area contributed by atoms with Crippen molar-refractivity contribution in [1.82, 2.24) is 10.2 Å². The zero-order chi connectivity index (χ0) is 12.5. The van der Waals surface area contributed by atoms with Crippen molar-refractivity contribution in [3.8, 4) is 0 Å². The Morgan fingerprint density at radius 1 is 1.53 bits per heavy atom. The fourth-order valence-corrected chi connectivity index (χ4v) is 1.55. The zero-order valence-electron chi connectivity index (χ0n) is 11.1. The van der Waals surface area contributed by atoms with Crippen LogP contribution in [0.3, 0.4) is 0 Å². The van der Waals surface area contributed by atoms with Crippen molar-refractivity contribution >= 4 is 0 Å². The van der Waals surface area contributed by atoms with Crippen LogP contribution in [-0.2, 0) is 11.3 Å². The fourth-order valence-electron chi connectivity index (χ4n) is 1.55. The maximum Gasteiger partial charge on any atom is 0.117 e. The minimum atomic E-state index is 0.491. The molecule has 4 nitrogen and oxygen atoms in total. The summed E-state index contributed by atoms with van der Waals surface area (Å²) in [5.74, 6) is 0.981. The molecule has 0 saturated carbocycles. The second kappa shape index (κ2) is 8.28. The van der Waals surface area contributed by atoms with E-state index in [1.165, 1.54) is 0 Å². The number of furan rings is 1. The number of ether oxygens (including phenoxy) is 1. The molecular formula is C13H24N2O2. The van der Waals surface area contributed by atoms with Crippen LogP contribution in [0.25, 0.3) is 0 Å². The lowest BCUT2D eigenvalue weighted by atomic mass is 10.3. The third-order valence-electron chi connectivity index (χ3n) is 2.86. The van der Waals surface area contributed by atoms with E-state index in [4.69, 9.17) is 9.15 Å². The number of nitrogens with zero attached hydrogens (tertiary/aromatic N) is 1. The summed E-state index contributed by atoms with van der Waals surface area (Å²) in [7, 11) is 2.12. The van der Waals surface area contributed by atoms with E-state index < -0.39 is 0 Å². The number of likely N-dealkylation sites (N-methyl/N-ethyl adjacent to an activating group) is 1. The molecule has 0 aliphatic carbocycles. The number of nitrogens with one attached hydrogen (secondary N) is 1. The highest BCUT2D eigenvalue weighted by Crippen LogP contribution is 1.99. The molecule has 0 bridgehead atoms. The van der Waals surface area contributed by atoms with Crippen LogP contribution in [0.5, 0.6) is 0 Å². The Kier molecular flexibility index (Phi) is 6.93. The molecule has 1 rings (SSSR count). The number of hydrogen-bond donors (Lipinski definition) is 1. The fraction of sp³-hybridized carbons (Fsp3) is 0.692. The van der Waals surface area contributed by atoms with Crippen LogP contribution in [0.1, 0.15) is 19.6 Å². The van der Waals surface area contributed by atoms with E-state index >= 15 is 0 Å². The van der Waals surface area contributed by atoms with Gasteiger partial charge in [-0.05, 0) is 33.0 Å². The zero-order valence-corrected chi connectivity index (χ0v) is 11.1. The van der Waals surface area contributed by atoms with Gasteiger partial charge < -0.3 is 19.4 Å². The van der Waals surface area contributed by atoms with E-state index in [1.807, 2.05) is 19.1 Å². The van der Waals surface area contributed by atoms with Gasteiger partial charge in [0.2, 0.25) is 0 Å². The van der Waals surface area contributed by atoms with Gasteiger partial charge in [-0.25, -0.2) is 0 Å². The summed E-state index contributed by atoms with van der Waals surface area (Å²) in [5, 5.41) is 3.38. The standard InChI is InChI=1S/C13H24N2O2/c1-4-16-9-7-15(3)12(2)10-14-11-13-6-5-8-17-13/h5-6,8,12,14H,4,7,9-11H2,1-3H3. The molecule has 0 spiro atoms. The summed E-state index contributed by atoms with van der Waals surface area (Å²) in [5.41, 5.74) is 0. The average molecular weight is 240 g/mol. The van der Waals surface area contributed by atoms with Crippen molar-refractivity contribution in [3.63, 3.8) is 0 Å². The van der Waals surface area contributed by atoms with Gasteiger partial charge >= 0.3 is 0 Å². The van der Waals surface area contributed by atoms with E-state index in [0.29, 0.717) is 6.04 Å². The molecule has 98 valence electrons. The Labute approximate surface area is 104 Å². The topological polar surface area (TPSA) is 37.6 Å². The van der Waals surface area contributed by atoms with Gasteiger partial charge in [0.25, 0.3) is 0 Å². The van der Waals surface area contributed by atoms with Crippen LogP contribution in [0.4, 0.5) is 0 Å². The van der Waals surface area contributed by atoms with E-state index in [2.05, 4.69) is 24.2 Å². The molecule has 0 aliphatic heterocycles. The van der Waals surface area contributed by atoms with E-state index in [1.54, 1.807) is 6.26 Å². The molecular weight excluding hydrogens is 216 g/mol. The third-order valence-corrected chi connectivity index (χ3v) is 2.86. The normalized spacial score (nSPS) is 13.2. The molecule has 17 heavy (non-hydrogen) atoms. The van der Waals surface area contributed by atoms with Crippen molar-refractivity contribution in [2.75, 3.05) is 33.4 Å². The molecule has 1 heterocycles. The molecule has 0 amide bonds. The maximum absolute atomic E-state index is 5.34. The van der Waals surface area contributed by atoms with Gasteiger partial charge in [0, 0.05) is 25.7 Å². The molecule has 1 N–H and O–H groups in total. The summed E-state index contributed by atoms with van der Waals surface area (Å²) >= 11 is 0. The van der Waals surface area contributed by atoms with Crippen molar-refractivity contribution in [2.24, 2.45) is 0 Å². The number of rotatable bonds is 9. The van der Waals surface area contributed by atoms with Crippen LogP contribution >= 0.6 is 0 Å². The minimum absolute atomic E-state index is 0.491. The maximum atomic E-state index is 5.34. The monoisotopic (exact) mass is 240 g/mol. The van der Waals surface area contributed by atoms with Gasteiger partial charge in [-0.3, -0.25) is 0 Å². The minimum Gasteiger partial charge on any atom is -0.468 e. The largest absolute Gasteiger partial charge is 0.468 e. The Hall–Kier alpha value is -0.840. The second-order valence-corrected chi connectivity index (χ2v) is 4.24. The Balaban J connectivity index is 2.09. The van der Waals surface area contributed by atoms with Gasteiger partial charge in [-0.15, -0.1) is 0 Å². The molecule has 0 saturated heterocycles. The molecule has 0 radical (unpaired) electrons. The van der Waals surface area contributed by atoms with Crippen LogP contribution in [0.15, 0.2) is 22.8 Å². The Bertz CT molecular complexity index is 275. The highest BCUT2D eigenvalue weighted by Gasteiger charge is 2.08. The lowest BCUT2D eigenvalue weighted by Gasteiger charge is -2.24. The van der Waals surface area contributed by atoms with Crippen molar-refractivity contribution in [1.29, 1.82) is 0 Å². The SMILES string of the molecule is CCOCCN(C)C(C)CNCc1ccco1. The predicted octanol–water partition coefficient (Wildman–Crippen LogP) is 1.73. The van der Waals surface area contributed by atoms with Crippen LogP contribution in [0, 0.1) is 0 Å². The Morgan fingerprint density at radius 2 is 2.35 bits per heavy atom. The quantitative estimate of drug-likeness (QED) is 0.667. The highest BCUT2D eigenvalue weighted by atomic mass is 16.5. The summed E-state index contributed by atoms with van der Waals surface area (Å²) in [6.07, 6.45) is 1.70. The van der Waals surface area contributed by atoms with Crippen molar-refractivity contribution in [3.05, 3.63) is 24.2 Å². The molecule has 1 aromatic rings. The van der Waals surface area contributed by atoms with Crippen LogP contribution < -0.4 is 5.32 Å². The molecule has 1 aromatic heterocycles. The molecule has 4 heteroatoms. The van der Waals surface area contributed by atoms with E-state index in [-0.39, 0.29) is 0 Å². The highest BCUT2D eigenvalue weighted by molar-refractivity contribution is 4.97. The van der Waals surface area contributed by atoms with E-state index in [0.717, 1.165) is 38.6 Å². The van der Waals surface area contributed by atoms with Gasteiger partial charge in [-0.2, -0.15) is 0 Å². The third kappa shape index (κ3) is 5.86. The number of hydrogen-bond acceptors (Lipinski definition) is 4. The van der Waals surface area contributed by atoms with Gasteiger partial charge in [0.15, 0.2) is 0 Å². The summed E-state index contributed by atoms with van der Waals surface area (Å²) in [4.78, 5) is 2.30. The first-order valence-corrected chi connectivity index (χ1v) is 6.25. The van der Waals surface area contributed by atoms with Crippen LogP contribution in [0.2, 0.25) is 0 Å². The molecule has 0 aromatic carbocycles. The molecule has 0 fully saturated rings. The molecule has 0 aliphatic rings. The lowest BCUT2D eigenvalue weighted by Crippen LogP contribution is -2.39. The first-order chi connectivity index (χ1) is 8.24. The summed E-state index contributed by atoms with van der Waals surface area (Å²) in [6.45, 7) is 8.53. The van der Waals surface area contributed by atoms with Crippen LogP contribution in [-0.4, -0.2) is 44.3 Å². The second-order valence-electron chi connectivity index (χ2n) is 4.24. The van der Waals surface area contributed by atoms with Crippen molar-refractivity contribution in [2.45, 2.75) is 26.4 Å². The van der Waals surface area contributed by atoms with Gasteiger partial charge in [-0.1, -0.05) is 0 Å². The lowest BCUT2D eigenvalue weighted by molar-refractivity contribution is 0.109. The van der Waals surface area contributed by atoms with Gasteiger partial charge in [0.1, 0.15) is 5.76 Å². The first kappa shape index (κ1) is 14.2. The average Bonchev–Trinajstić information content (AvgIpc) is 2.82. The van der Waals surface area contributed by atoms with E-state index in [9.17, 15) is 0 Å². The molecule has 1 unspecified atom stereocenters. The predicted molar refractivity (Wildman–Crippen MR) is 69.0 cm³/mol. The Morgan fingerprint density at radius 3 is 3.00 bits per heavy atom. The summed E-state index contributed by atoms with van der Waals surface area (Å²) < 4.78 is 10.6. The van der Waals surface area contributed by atoms with Crippen molar-refractivity contribution < 1.29 is 9.15 Å². The summed E-state index contributed by atoms with van der Waals surface area (Å²) in [6, 6.07) is 4.39. The smallest absolute Gasteiger partial charge is 0.117 e.